The summed E-state index contributed by atoms with van der Waals surface area (Å²) in [5, 5.41) is 19.3. The summed E-state index contributed by atoms with van der Waals surface area (Å²) in [6.45, 7) is 1.79. The van der Waals surface area contributed by atoms with Gasteiger partial charge in [0.2, 0.25) is 5.91 Å². The van der Waals surface area contributed by atoms with Crippen molar-refractivity contribution in [3.8, 4) is 0 Å². The summed E-state index contributed by atoms with van der Waals surface area (Å²) in [6, 6.07) is 0. The van der Waals surface area contributed by atoms with E-state index in [4.69, 9.17) is 9.84 Å². The first-order chi connectivity index (χ1) is 8.79. The van der Waals surface area contributed by atoms with Crippen LogP contribution < -0.4 is 0 Å². The molecular formula is C10H17N5O3. The largest absolute Gasteiger partial charge is 0.394 e. The topological polar surface area (TPSA) is 93.4 Å². The van der Waals surface area contributed by atoms with E-state index in [1.54, 1.807) is 4.90 Å². The Bertz CT molecular complexity index is 370. The number of aliphatic hydroxyl groups excluding tert-OH is 1. The van der Waals surface area contributed by atoms with E-state index in [1.165, 1.54) is 11.0 Å². The minimum Gasteiger partial charge on any atom is -0.394 e. The molecule has 1 saturated heterocycles. The number of hydrogen-bond acceptors (Lipinski definition) is 6. The van der Waals surface area contributed by atoms with Crippen molar-refractivity contribution in [1.29, 1.82) is 0 Å². The summed E-state index contributed by atoms with van der Waals surface area (Å²) in [5.41, 5.74) is 0. The number of aliphatic hydroxyl groups is 1. The van der Waals surface area contributed by atoms with Crippen LogP contribution in [0.25, 0.3) is 0 Å². The zero-order valence-electron chi connectivity index (χ0n) is 10.1. The molecule has 1 atom stereocenters. The number of nitrogens with zero attached hydrogens (tertiary/aromatic N) is 5. The van der Waals surface area contributed by atoms with Crippen LogP contribution in [-0.2, 0) is 16.1 Å². The molecule has 0 aromatic carbocycles. The molecular weight excluding hydrogens is 238 g/mol. The average molecular weight is 255 g/mol. The molecule has 1 amide bonds. The number of hydrogen-bond donors (Lipinski definition) is 1. The fraction of sp³-hybridized carbons (Fsp3) is 0.800. The summed E-state index contributed by atoms with van der Waals surface area (Å²) in [7, 11) is 0. The maximum atomic E-state index is 12.0. The van der Waals surface area contributed by atoms with Crippen LogP contribution in [0.4, 0.5) is 0 Å². The molecule has 1 fully saturated rings. The number of tetrazole rings is 1. The van der Waals surface area contributed by atoms with Crippen molar-refractivity contribution in [3.63, 3.8) is 0 Å². The SMILES string of the molecule is O=C(Cn1cnnn1)N1CCCC(OCCO)C1. The predicted molar refractivity (Wildman–Crippen MR) is 60.5 cm³/mol. The highest BCUT2D eigenvalue weighted by Crippen LogP contribution is 2.13. The molecule has 1 aliphatic rings. The van der Waals surface area contributed by atoms with Crippen LogP contribution in [0.15, 0.2) is 6.33 Å². The molecule has 0 radical (unpaired) electrons. The molecule has 1 aliphatic heterocycles. The number of carbonyl (C=O) groups excluding carboxylic acids is 1. The van der Waals surface area contributed by atoms with E-state index in [1.807, 2.05) is 0 Å². The monoisotopic (exact) mass is 255 g/mol. The van der Waals surface area contributed by atoms with Gasteiger partial charge in [-0.25, -0.2) is 4.68 Å². The number of aromatic nitrogens is 4. The lowest BCUT2D eigenvalue weighted by Gasteiger charge is -2.32. The van der Waals surface area contributed by atoms with Crippen molar-refractivity contribution in [2.75, 3.05) is 26.3 Å². The lowest BCUT2D eigenvalue weighted by atomic mass is 10.1. The van der Waals surface area contributed by atoms with Crippen molar-refractivity contribution < 1.29 is 14.6 Å². The molecule has 0 spiro atoms. The van der Waals surface area contributed by atoms with E-state index in [0.29, 0.717) is 13.2 Å². The third-order valence-electron chi connectivity index (χ3n) is 2.86. The third kappa shape index (κ3) is 3.47. The zero-order valence-corrected chi connectivity index (χ0v) is 10.1. The first-order valence-electron chi connectivity index (χ1n) is 6.00. The Labute approximate surface area is 105 Å². The zero-order chi connectivity index (χ0) is 12.8. The molecule has 1 N–H and O–H groups in total. The van der Waals surface area contributed by atoms with Gasteiger partial charge in [-0.3, -0.25) is 4.79 Å². The number of rotatable bonds is 5. The Morgan fingerprint density at radius 2 is 2.44 bits per heavy atom. The van der Waals surface area contributed by atoms with Gasteiger partial charge < -0.3 is 14.7 Å². The molecule has 18 heavy (non-hydrogen) atoms. The first kappa shape index (κ1) is 12.9. The first-order valence-corrected chi connectivity index (χ1v) is 6.00. The highest BCUT2D eigenvalue weighted by molar-refractivity contribution is 5.76. The molecule has 2 rings (SSSR count). The summed E-state index contributed by atoms with van der Waals surface area (Å²) >= 11 is 0. The second-order valence-electron chi connectivity index (χ2n) is 4.21. The fourth-order valence-corrected chi connectivity index (χ4v) is 2.01. The van der Waals surface area contributed by atoms with Gasteiger partial charge in [0, 0.05) is 13.1 Å². The molecule has 1 aromatic heterocycles. The Morgan fingerprint density at radius 1 is 1.56 bits per heavy atom. The lowest BCUT2D eigenvalue weighted by Crippen LogP contribution is -2.44. The highest BCUT2D eigenvalue weighted by Gasteiger charge is 2.24. The fourth-order valence-electron chi connectivity index (χ4n) is 2.01. The van der Waals surface area contributed by atoms with Crippen molar-refractivity contribution in [3.05, 3.63) is 6.33 Å². The molecule has 1 aromatic rings. The molecule has 8 heteroatoms. The lowest BCUT2D eigenvalue weighted by molar-refractivity contribution is -0.136. The minimum absolute atomic E-state index is 0.00900. The molecule has 0 aliphatic carbocycles. The molecule has 0 saturated carbocycles. The average Bonchev–Trinajstić information content (AvgIpc) is 2.89. The maximum absolute atomic E-state index is 12.0. The normalized spacial score (nSPS) is 20.1. The van der Waals surface area contributed by atoms with Gasteiger partial charge in [0.05, 0.1) is 19.3 Å². The predicted octanol–water partition coefficient (Wildman–Crippen LogP) is -1.33. The van der Waals surface area contributed by atoms with Gasteiger partial charge in [-0.05, 0) is 23.3 Å². The van der Waals surface area contributed by atoms with E-state index < -0.39 is 0 Å². The van der Waals surface area contributed by atoms with E-state index >= 15 is 0 Å². The molecule has 2 heterocycles. The minimum atomic E-state index is -0.0143. The van der Waals surface area contributed by atoms with Crippen LogP contribution >= 0.6 is 0 Å². The smallest absolute Gasteiger partial charge is 0.244 e. The van der Waals surface area contributed by atoms with Crippen LogP contribution in [-0.4, -0.2) is 68.5 Å². The van der Waals surface area contributed by atoms with Crippen LogP contribution in [0, 0.1) is 0 Å². The molecule has 0 bridgehead atoms. The van der Waals surface area contributed by atoms with Crippen molar-refractivity contribution in [2.24, 2.45) is 0 Å². The van der Waals surface area contributed by atoms with Crippen molar-refractivity contribution >= 4 is 5.91 Å². The Hall–Kier alpha value is -1.54. The van der Waals surface area contributed by atoms with Crippen LogP contribution in [0.1, 0.15) is 12.8 Å². The quantitative estimate of drug-likeness (QED) is 0.701. The van der Waals surface area contributed by atoms with Crippen LogP contribution in [0.3, 0.4) is 0 Å². The van der Waals surface area contributed by atoms with E-state index in [0.717, 1.165) is 19.4 Å². The van der Waals surface area contributed by atoms with Gasteiger partial charge in [-0.2, -0.15) is 0 Å². The van der Waals surface area contributed by atoms with Crippen LogP contribution in [0.2, 0.25) is 0 Å². The van der Waals surface area contributed by atoms with Gasteiger partial charge in [-0.15, -0.1) is 5.10 Å². The standard InChI is InChI=1S/C10H17N5O3/c16-4-5-18-9-2-1-3-14(6-9)10(17)7-15-8-11-12-13-15/h8-9,16H,1-7H2. The second kappa shape index (κ2) is 6.41. The van der Waals surface area contributed by atoms with Gasteiger partial charge in [0.25, 0.3) is 0 Å². The number of likely N-dealkylation sites (tertiary alicyclic amines) is 1. The molecule has 1 unspecified atom stereocenters. The van der Waals surface area contributed by atoms with Crippen molar-refractivity contribution in [1.82, 2.24) is 25.1 Å². The molecule has 100 valence electrons. The summed E-state index contributed by atoms with van der Waals surface area (Å²) in [4.78, 5) is 13.7. The van der Waals surface area contributed by atoms with Gasteiger partial charge in [-0.1, -0.05) is 0 Å². The third-order valence-corrected chi connectivity index (χ3v) is 2.86. The summed E-state index contributed by atoms with van der Waals surface area (Å²) in [5.74, 6) is -0.0143. The Balaban J connectivity index is 1.82. The molecule has 8 nitrogen and oxygen atoms in total. The number of carbonyl (C=O) groups is 1. The van der Waals surface area contributed by atoms with Gasteiger partial charge >= 0.3 is 0 Å². The van der Waals surface area contributed by atoms with Gasteiger partial charge in [0.15, 0.2) is 0 Å². The number of amides is 1. The summed E-state index contributed by atoms with van der Waals surface area (Å²) < 4.78 is 6.86. The maximum Gasteiger partial charge on any atom is 0.244 e. The number of ether oxygens (including phenoxy) is 1. The van der Waals surface area contributed by atoms with Gasteiger partial charge in [0.1, 0.15) is 12.9 Å². The Kier molecular flexibility index (Phi) is 4.59. The van der Waals surface area contributed by atoms with Crippen LogP contribution in [0.5, 0.6) is 0 Å². The number of piperidine rings is 1. The highest BCUT2D eigenvalue weighted by atomic mass is 16.5. The second-order valence-corrected chi connectivity index (χ2v) is 4.21. The van der Waals surface area contributed by atoms with E-state index in [2.05, 4.69) is 15.5 Å². The van der Waals surface area contributed by atoms with E-state index in [-0.39, 0.29) is 25.2 Å². The van der Waals surface area contributed by atoms with Crippen molar-refractivity contribution in [2.45, 2.75) is 25.5 Å². The van der Waals surface area contributed by atoms with E-state index in [9.17, 15) is 4.79 Å². The summed E-state index contributed by atoms with van der Waals surface area (Å²) in [6.07, 6.45) is 3.27. The Morgan fingerprint density at radius 3 is 3.17 bits per heavy atom.